The molecule has 0 aliphatic carbocycles. The molecule has 0 unspecified atom stereocenters. The number of hydrogen-bond donors (Lipinski definition) is 1. The van der Waals surface area contributed by atoms with E-state index in [-0.39, 0.29) is 5.91 Å². The van der Waals surface area contributed by atoms with E-state index in [0.717, 1.165) is 32.4 Å². The lowest BCUT2D eigenvalue weighted by molar-refractivity contribution is 0.0686. The standard InChI is InChI=1S/C22H26N2O2/c1-16-2-4-17(5-3-16)6-7-18-12-14-24(15-13-18)22(26)20-10-8-19(9-11-20)21(23)25/h2-5,8-11,18H,6-7,12-15H2,1H3,(H2,23,25). The fourth-order valence-electron chi connectivity index (χ4n) is 3.51. The van der Waals surface area contributed by atoms with Crippen LogP contribution in [0.4, 0.5) is 0 Å². The Labute approximate surface area is 155 Å². The number of aryl methyl sites for hydroxylation is 2. The van der Waals surface area contributed by atoms with Crippen LogP contribution in [-0.4, -0.2) is 29.8 Å². The smallest absolute Gasteiger partial charge is 0.253 e. The van der Waals surface area contributed by atoms with Crippen molar-refractivity contribution in [1.29, 1.82) is 0 Å². The summed E-state index contributed by atoms with van der Waals surface area (Å²) in [5.74, 6) is 0.244. The third-order valence-corrected chi connectivity index (χ3v) is 5.28. The molecule has 0 spiro atoms. The lowest BCUT2D eigenvalue weighted by Crippen LogP contribution is -2.38. The van der Waals surface area contributed by atoms with E-state index in [2.05, 4.69) is 31.2 Å². The van der Waals surface area contributed by atoms with E-state index in [1.807, 2.05) is 4.90 Å². The van der Waals surface area contributed by atoms with Crippen LogP contribution in [0, 0.1) is 12.8 Å². The zero-order valence-electron chi connectivity index (χ0n) is 15.3. The summed E-state index contributed by atoms with van der Waals surface area (Å²) in [5, 5.41) is 0. The van der Waals surface area contributed by atoms with Gasteiger partial charge in [0.2, 0.25) is 5.91 Å². The summed E-state index contributed by atoms with van der Waals surface area (Å²) >= 11 is 0. The van der Waals surface area contributed by atoms with Crippen molar-refractivity contribution in [3.63, 3.8) is 0 Å². The molecule has 26 heavy (non-hydrogen) atoms. The molecule has 1 aliphatic heterocycles. The Bertz CT molecular complexity index is 758. The zero-order valence-corrected chi connectivity index (χ0v) is 15.3. The Hall–Kier alpha value is -2.62. The van der Waals surface area contributed by atoms with Crippen molar-refractivity contribution >= 4 is 11.8 Å². The van der Waals surface area contributed by atoms with E-state index < -0.39 is 5.91 Å². The first kappa shape index (κ1) is 18.2. The van der Waals surface area contributed by atoms with Gasteiger partial charge in [0.25, 0.3) is 5.91 Å². The second-order valence-electron chi connectivity index (χ2n) is 7.20. The van der Waals surface area contributed by atoms with Crippen molar-refractivity contribution in [2.45, 2.75) is 32.6 Å². The lowest BCUT2D eigenvalue weighted by atomic mass is 9.90. The molecule has 2 aromatic carbocycles. The number of piperidine rings is 1. The van der Waals surface area contributed by atoms with Crippen LogP contribution in [0.5, 0.6) is 0 Å². The first-order valence-corrected chi connectivity index (χ1v) is 9.27. The molecular weight excluding hydrogens is 324 g/mol. The third kappa shape index (κ3) is 4.51. The molecule has 0 aromatic heterocycles. The molecule has 1 heterocycles. The van der Waals surface area contributed by atoms with Crippen molar-refractivity contribution in [3.05, 3.63) is 70.8 Å². The highest BCUT2D eigenvalue weighted by Crippen LogP contribution is 2.24. The minimum Gasteiger partial charge on any atom is -0.366 e. The van der Waals surface area contributed by atoms with E-state index in [4.69, 9.17) is 5.73 Å². The van der Waals surface area contributed by atoms with E-state index in [1.54, 1.807) is 24.3 Å². The van der Waals surface area contributed by atoms with Gasteiger partial charge in [0, 0.05) is 24.2 Å². The normalized spacial score (nSPS) is 15.0. The highest BCUT2D eigenvalue weighted by molar-refractivity contribution is 5.97. The highest BCUT2D eigenvalue weighted by atomic mass is 16.2. The molecule has 1 aliphatic rings. The van der Waals surface area contributed by atoms with Gasteiger partial charge in [-0.05, 0) is 68.4 Å². The molecule has 4 nitrogen and oxygen atoms in total. The van der Waals surface area contributed by atoms with Gasteiger partial charge >= 0.3 is 0 Å². The fraction of sp³-hybridized carbons (Fsp3) is 0.364. The van der Waals surface area contributed by atoms with Gasteiger partial charge in [-0.3, -0.25) is 9.59 Å². The Morgan fingerprint density at radius 1 is 0.962 bits per heavy atom. The average Bonchev–Trinajstić information content (AvgIpc) is 2.67. The Balaban J connectivity index is 1.49. The summed E-state index contributed by atoms with van der Waals surface area (Å²) in [6.45, 7) is 3.71. The van der Waals surface area contributed by atoms with E-state index in [9.17, 15) is 9.59 Å². The molecule has 2 amide bonds. The van der Waals surface area contributed by atoms with Crippen LogP contribution in [0.3, 0.4) is 0 Å². The van der Waals surface area contributed by atoms with Gasteiger partial charge in [0.15, 0.2) is 0 Å². The number of nitrogens with zero attached hydrogens (tertiary/aromatic N) is 1. The van der Waals surface area contributed by atoms with Gasteiger partial charge < -0.3 is 10.6 Å². The average molecular weight is 350 g/mol. The van der Waals surface area contributed by atoms with Gasteiger partial charge in [-0.25, -0.2) is 0 Å². The number of rotatable bonds is 5. The van der Waals surface area contributed by atoms with Crippen molar-refractivity contribution in [3.8, 4) is 0 Å². The summed E-state index contributed by atoms with van der Waals surface area (Å²) in [5.41, 5.74) is 8.98. The lowest BCUT2D eigenvalue weighted by Gasteiger charge is -2.32. The minimum atomic E-state index is -0.474. The maximum absolute atomic E-state index is 12.6. The maximum atomic E-state index is 12.6. The highest BCUT2D eigenvalue weighted by Gasteiger charge is 2.23. The number of hydrogen-bond acceptors (Lipinski definition) is 2. The second kappa shape index (κ2) is 8.17. The molecule has 1 fully saturated rings. The van der Waals surface area contributed by atoms with Crippen LogP contribution in [0.15, 0.2) is 48.5 Å². The molecule has 136 valence electrons. The molecule has 3 rings (SSSR count). The summed E-state index contributed by atoms with van der Waals surface area (Å²) in [4.78, 5) is 25.7. The fourth-order valence-corrected chi connectivity index (χ4v) is 3.51. The van der Waals surface area contributed by atoms with Crippen LogP contribution in [0.25, 0.3) is 0 Å². The van der Waals surface area contributed by atoms with Gasteiger partial charge in [-0.1, -0.05) is 29.8 Å². The predicted octanol–water partition coefficient (Wildman–Crippen LogP) is 3.58. The molecule has 0 atom stereocenters. The van der Waals surface area contributed by atoms with Crippen LogP contribution in [-0.2, 0) is 6.42 Å². The van der Waals surface area contributed by atoms with Crippen LogP contribution >= 0.6 is 0 Å². The molecule has 2 N–H and O–H groups in total. The van der Waals surface area contributed by atoms with E-state index in [1.165, 1.54) is 17.5 Å². The van der Waals surface area contributed by atoms with Crippen LogP contribution in [0.1, 0.15) is 51.1 Å². The van der Waals surface area contributed by atoms with Crippen LogP contribution < -0.4 is 5.73 Å². The molecule has 0 saturated carbocycles. The quantitative estimate of drug-likeness (QED) is 0.896. The minimum absolute atomic E-state index is 0.0398. The van der Waals surface area contributed by atoms with Gasteiger partial charge in [0.05, 0.1) is 0 Å². The number of likely N-dealkylation sites (tertiary alicyclic amines) is 1. The summed E-state index contributed by atoms with van der Waals surface area (Å²) < 4.78 is 0. The number of carbonyl (C=O) groups excluding carboxylic acids is 2. The zero-order chi connectivity index (χ0) is 18.5. The first-order valence-electron chi connectivity index (χ1n) is 9.27. The van der Waals surface area contributed by atoms with Crippen molar-refractivity contribution in [1.82, 2.24) is 4.90 Å². The molecule has 4 heteroatoms. The van der Waals surface area contributed by atoms with Gasteiger partial charge in [-0.2, -0.15) is 0 Å². The number of amides is 2. The largest absolute Gasteiger partial charge is 0.366 e. The number of benzene rings is 2. The molecule has 1 saturated heterocycles. The molecule has 2 aromatic rings. The number of nitrogens with two attached hydrogens (primary N) is 1. The summed E-state index contributed by atoms with van der Waals surface area (Å²) in [6.07, 6.45) is 4.39. The molecule has 0 radical (unpaired) electrons. The Morgan fingerprint density at radius 3 is 2.12 bits per heavy atom. The third-order valence-electron chi connectivity index (χ3n) is 5.28. The predicted molar refractivity (Wildman–Crippen MR) is 103 cm³/mol. The number of carbonyl (C=O) groups is 2. The molecular formula is C22H26N2O2. The van der Waals surface area contributed by atoms with Gasteiger partial charge in [0.1, 0.15) is 0 Å². The topological polar surface area (TPSA) is 63.4 Å². The SMILES string of the molecule is Cc1ccc(CCC2CCN(C(=O)c3ccc(C(N)=O)cc3)CC2)cc1. The van der Waals surface area contributed by atoms with Crippen molar-refractivity contribution in [2.75, 3.05) is 13.1 Å². The van der Waals surface area contributed by atoms with Crippen LogP contribution in [0.2, 0.25) is 0 Å². The Kier molecular flexibility index (Phi) is 5.71. The van der Waals surface area contributed by atoms with E-state index in [0.29, 0.717) is 17.0 Å². The van der Waals surface area contributed by atoms with Crippen molar-refractivity contribution < 1.29 is 9.59 Å². The van der Waals surface area contributed by atoms with E-state index >= 15 is 0 Å². The monoisotopic (exact) mass is 350 g/mol. The maximum Gasteiger partial charge on any atom is 0.253 e. The second-order valence-corrected chi connectivity index (χ2v) is 7.20. The van der Waals surface area contributed by atoms with Crippen molar-refractivity contribution in [2.24, 2.45) is 11.7 Å². The summed E-state index contributed by atoms with van der Waals surface area (Å²) in [7, 11) is 0. The molecule has 0 bridgehead atoms. The number of primary amides is 1. The Morgan fingerprint density at radius 2 is 1.54 bits per heavy atom. The summed E-state index contributed by atoms with van der Waals surface area (Å²) in [6, 6.07) is 15.4. The van der Waals surface area contributed by atoms with Gasteiger partial charge in [-0.15, -0.1) is 0 Å². The first-order chi connectivity index (χ1) is 12.5.